The summed E-state index contributed by atoms with van der Waals surface area (Å²) in [5.41, 5.74) is 0. The van der Waals surface area contributed by atoms with Gasteiger partial charge in [-0.05, 0) is 5.92 Å². The molecule has 1 saturated carbocycles. The average molecular weight is 283 g/mol. The first kappa shape index (κ1) is 14.4. The first-order valence-electron chi connectivity index (χ1n) is 6.78. The maximum Gasteiger partial charge on any atom is 0.316 e. The lowest BCUT2D eigenvalue weighted by Crippen LogP contribution is -2.12. The molecule has 1 aliphatic rings. The summed E-state index contributed by atoms with van der Waals surface area (Å²) in [6, 6.07) is 0. The SMILES string of the molecule is COC(=O)CSc1nnc(CC2CCCCC2)n1C. The van der Waals surface area contributed by atoms with Gasteiger partial charge in [0.15, 0.2) is 5.16 Å². The van der Waals surface area contributed by atoms with E-state index in [0.717, 1.165) is 23.3 Å². The Hall–Kier alpha value is -1.04. The summed E-state index contributed by atoms with van der Waals surface area (Å²) >= 11 is 1.38. The van der Waals surface area contributed by atoms with Crippen LogP contribution >= 0.6 is 11.8 Å². The van der Waals surface area contributed by atoms with E-state index in [1.807, 2.05) is 11.6 Å². The van der Waals surface area contributed by atoms with Gasteiger partial charge in [0.25, 0.3) is 0 Å². The summed E-state index contributed by atoms with van der Waals surface area (Å²) in [7, 11) is 3.37. The Balaban J connectivity index is 1.91. The third-order valence-corrected chi connectivity index (χ3v) is 4.66. The van der Waals surface area contributed by atoms with Crippen molar-refractivity contribution in [2.45, 2.75) is 43.7 Å². The van der Waals surface area contributed by atoms with Crippen LogP contribution in [0, 0.1) is 5.92 Å². The van der Waals surface area contributed by atoms with Gasteiger partial charge < -0.3 is 9.30 Å². The van der Waals surface area contributed by atoms with Crippen LogP contribution in [0.2, 0.25) is 0 Å². The van der Waals surface area contributed by atoms with Crippen LogP contribution in [0.3, 0.4) is 0 Å². The van der Waals surface area contributed by atoms with Crippen LogP contribution in [0.15, 0.2) is 5.16 Å². The highest BCUT2D eigenvalue weighted by Gasteiger charge is 2.18. The monoisotopic (exact) mass is 283 g/mol. The van der Waals surface area contributed by atoms with Gasteiger partial charge in [-0.3, -0.25) is 4.79 Å². The second kappa shape index (κ2) is 6.93. The zero-order chi connectivity index (χ0) is 13.7. The van der Waals surface area contributed by atoms with Crippen LogP contribution in [0.25, 0.3) is 0 Å². The van der Waals surface area contributed by atoms with Gasteiger partial charge in [0.2, 0.25) is 0 Å². The number of aromatic nitrogens is 3. The molecule has 1 aromatic heterocycles. The van der Waals surface area contributed by atoms with Gasteiger partial charge in [-0.2, -0.15) is 0 Å². The fraction of sp³-hybridized carbons (Fsp3) is 0.769. The van der Waals surface area contributed by atoms with Crippen molar-refractivity contribution >= 4 is 17.7 Å². The number of nitrogens with zero attached hydrogens (tertiary/aromatic N) is 3. The fourth-order valence-corrected chi connectivity index (χ4v) is 3.24. The molecule has 0 bridgehead atoms. The minimum atomic E-state index is -0.234. The summed E-state index contributed by atoms with van der Waals surface area (Å²) in [4.78, 5) is 11.1. The molecule has 0 spiro atoms. The van der Waals surface area contributed by atoms with Crippen molar-refractivity contribution in [1.82, 2.24) is 14.8 Å². The summed E-state index contributed by atoms with van der Waals surface area (Å²) in [5, 5.41) is 9.20. The van der Waals surface area contributed by atoms with Crippen molar-refractivity contribution in [3.05, 3.63) is 5.82 Å². The number of ether oxygens (including phenoxy) is 1. The zero-order valence-corrected chi connectivity index (χ0v) is 12.4. The third kappa shape index (κ3) is 3.96. The number of esters is 1. The lowest BCUT2D eigenvalue weighted by Gasteiger charge is -2.20. The molecule has 0 radical (unpaired) electrons. The van der Waals surface area contributed by atoms with Crippen molar-refractivity contribution in [1.29, 1.82) is 0 Å². The molecule has 106 valence electrons. The summed E-state index contributed by atoms with van der Waals surface area (Å²) in [6.07, 6.45) is 7.66. The summed E-state index contributed by atoms with van der Waals surface area (Å²) in [6.45, 7) is 0. The van der Waals surface area contributed by atoms with Crippen LogP contribution in [-0.2, 0) is 23.0 Å². The van der Waals surface area contributed by atoms with Gasteiger partial charge in [0.1, 0.15) is 5.82 Å². The molecule has 1 heterocycles. The molecular weight excluding hydrogens is 262 g/mol. The molecule has 0 unspecified atom stereocenters. The Bertz CT molecular complexity index is 428. The van der Waals surface area contributed by atoms with Gasteiger partial charge in [-0.1, -0.05) is 43.9 Å². The number of hydrogen-bond donors (Lipinski definition) is 0. The largest absolute Gasteiger partial charge is 0.468 e. The normalized spacial score (nSPS) is 16.5. The Labute approximate surface area is 118 Å². The number of hydrogen-bond acceptors (Lipinski definition) is 5. The van der Waals surface area contributed by atoms with Crippen molar-refractivity contribution in [3.63, 3.8) is 0 Å². The van der Waals surface area contributed by atoms with E-state index in [1.54, 1.807) is 0 Å². The van der Waals surface area contributed by atoms with E-state index in [2.05, 4.69) is 14.9 Å². The standard InChI is InChI=1S/C13H21N3O2S/c1-16-11(8-10-6-4-3-5-7-10)14-15-13(16)19-9-12(17)18-2/h10H,3-9H2,1-2H3. The topological polar surface area (TPSA) is 57.0 Å². The van der Waals surface area contributed by atoms with Crippen molar-refractivity contribution < 1.29 is 9.53 Å². The Morgan fingerprint density at radius 3 is 2.79 bits per heavy atom. The Morgan fingerprint density at radius 2 is 2.11 bits per heavy atom. The molecule has 0 aromatic carbocycles. The molecule has 19 heavy (non-hydrogen) atoms. The highest BCUT2D eigenvalue weighted by atomic mass is 32.2. The van der Waals surface area contributed by atoms with E-state index in [1.165, 1.54) is 51.0 Å². The molecule has 5 nitrogen and oxygen atoms in total. The van der Waals surface area contributed by atoms with Gasteiger partial charge in [-0.25, -0.2) is 0 Å². The predicted octanol–water partition coefficient (Wildman–Crippen LogP) is 2.20. The number of rotatable bonds is 5. The second-order valence-corrected chi connectivity index (χ2v) is 5.97. The van der Waals surface area contributed by atoms with Gasteiger partial charge in [-0.15, -0.1) is 10.2 Å². The van der Waals surface area contributed by atoms with Gasteiger partial charge in [0.05, 0.1) is 12.9 Å². The number of carbonyl (C=O) groups excluding carboxylic acids is 1. The summed E-state index contributed by atoms with van der Waals surface area (Å²) in [5.74, 6) is 1.82. The van der Waals surface area contributed by atoms with Gasteiger partial charge in [0, 0.05) is 13.5 Å². The van der Waals surface area contributed by atoms with E-state index in [9.17, 15) is 4.79 Å². The number of carbonyl (C=O) groups is 1. The first-order chi connectivity index (χ1) is 9.20. The Morgan fingerprint density at radius 1 is 1.37 bits per heavy atom. The molecular formula is C13H21N3O2S. The van der Waals surface area contributed by atoms with Crippen LogP contribution in [0.1, 0.15) is 37.9 Å². The lowest BCUT2D eigenvalue weighted by atomic mass is 9.87. The van der Waals surface area contributed by atoms with Crippen molar-refractivity contribution in [3.8, 4) is 0 Å². The fourth-order valence-electron chi connectivity index (χ4n) is 2.48. The quantitative estimate of drug-likeness (QED) is 0.612. The number of methoxy groups -OCH3 is 1. The first-order valence-corrected chi connectivity index (χ1v) is 7.77. The van der Waals surface area contributed by atoms with E-state index in [0.29, 0.717) is 0 Å². The van der Waals surface area contributed by atoms with Gasteiger partial charge >= 0.3 is 5.97 Å². The molecule has 0 saturated heterocycles. The highest BCUT2D eigenvalue weighted by Crippen LogP contribution is 2.27. The van der Waals surface area contributed by atoms with Crippen LogP contribution in [0.4, 0.5) is 0 Å². The van der Waals surface area contributed by atoms with Crippen LogP contribution in [-0.4, -0.2) is 33.6 Å². The maximum atomic E-state index is 11.1. The van der Waals surface area contributed by atoms with E-state index in [4.69, 9.17) is 0 Å². The molecule has 0 N–H and O–H groups in total. The van der Waals surface area contributed by atoms with Crippen molar-refractivity contribution in [2.24, 2.45) is 13.0 Å². The molecule has 1 aromatic rings. The molecule has 0 atom stereocenters. The Kier molecular flexibility index (Phi) is 5.24. The average Bonchev–Trinajstić information content (AvgIpc) is 2.78. The molecule has 1 fully saturated rings. The molecule has 0 aliphatic heterocycles. The van der Waals surface area contributed by atoms with E-state index < -0.39 is 0 Å². The lowest BCUT2D eigenvalue weighted by molar-refractivity contribution is -0.137. The molecule has 1 aliphatic carbocycles. The van der Waals surface area contributed by atoms with E-state index >= 15 is 0 Å². The summed E-state index contributed by atoms with van der Waals surface area (Å²) < 4.78 is 6.63. The molecule has 2 rings (SSSR count). The van der Waals surface area contributed by atoms with Crippen molar-refractivity contribution in [2.75, 3.05) is 12.9 Å². The zero-order valence-electron chi connectivity index (χ0n) is 11.6. The maximum absolute atomic E-state index is 11.1. The number of thioether (sulfide) groups is 1. The second-order valence-electron chi connectivity index (χ2n) is 5.03. The predicted molar refractivity (Wildman–Crippen MR) is 74.0 cm³/mol. The minimum absolute atomic E-state index is 0.234. The third-order valence-electron chi connectivity index (χ3n) is 3.67. The van der Waals surface area contributed by atoms with Crippen LogP contribution < -0.4 is 0 Å². The van der Waals surface area contributed by atoms with E-state index in [-0.39, 0.29) is 11.7 Å². The molecule has 6 heteroatoms. The van der Waals surface area contributed by atoms with Crippen LogP contribution in [0.5, 0.6) is 0 Å². The smallest absolute Gasteiger partial charge is 0.316 e. The highest BCUT2D eigenvalue weighted by molar-refractivity contribution is 7.99. The minimum Gasteiger partial charge on any atom is -0.468 e. The molecule has 0 amide bonds.